The molecule has 0 saturated carbocycles. The maximum Gasteiger partial charge on any atom is 0.405 e. The lowest BCUT2D eigenvalue weighted by Crippen LogP contribution is -2.34. The summed E-state index contributed by atoms with van der Waals surface area (Å²) < 4.78 is 42.7. The Labute approximate surface area is 185 Å². The number of carbonyl (C=O) groups is 3. The highest BCUT2D eigenvalue weighted by Gasteiger charge is 2.30. The highest BCUT2D eigenvalue weighted by Crippen LogP contribution is 2.30. The number of hydrogen-bond donors (Lipinski definition) is 3. The number of fused-ring (bicyclic) bond motifs is 1. The highest BCUT2D eigenvalue weighted by atomic mass is 19.4. The van der Waals surface area contributed by atoms with Crippen molar-refractivity contribution in [2.24, 2.45) is 0 Å². The molecule has 3 amide bonds. The van der Waals surface area contributed by atoms with Gasteiger partial charge in [0.1, 0.15) is 24.7 Å². The molecule has 0 atom stereocenters. The standard InChI is InChI=1S/C21H20F3N5O4/c1-29(16(30)10-33-2)12-6-7-13-15(9-12)27-18(17(13)20(32)26-11-21(22,23)24)28-19(31)14-5-3-4-8-25-14/h3-9,27H,10-11H2,1-2H3,(H,26,32)(H,28,31). The SMILES string of the molecule is COCC(=O)N(C)c1ccc2c(C(=O)NCC(F)(F)F)c(NC(=O)c3ccccn3)[nH]c2c1. The van der Waals surface area contributed by atoms with Gasteiger partial charge in [-0.2, -0.15) is 13.2 Å². The van der Waals surface area contributed by atoms with Crippen LogP contribution in [-0.2, 0) is 9.53 Å². The predicted octanol–water partition coefficient (Wildman–Crippen LogP) is 2.72. The van der Waals surface area contributed by atoms with E-state index < -0.39 is 24.5 Å². The number of nitrogens with zero attached hydrogens (tertiary/aromatic N) is 2. The van der Waals surface area contributed by atoms with Crippen LogP contribution in [0, 0.1) is 0 Å². The maximum absolute atomic E-state index is 12.6. The largest absolute Gasteiger partial charge is 0.405 e. The Bertz CT molecular complexity index is 1180. The van der Waals surface area contributed by atoms with Crippen molar-refractivity contribution in [3.8, 4) is 0 Å². The number of aromatic amines is 1. The van der Waals surface area contributed by atoms with E-state index in [-0.39, 0.29) is 35.0 Å². The van der Waals surface area contributed by atoms with Gasteiger partial charge in [0, 0.05) is 36.9 Å². The number of methoxy groups -OCH3 is 1. The molecule has 2 heterocycles. The van der Waals surface area contributed by atoms with Crippen LogP contribution in [0.1, 0.15) is 20.8 Å². The number of nitrogens with one attached hydrogen (secondary N) is 3. The second-order valence-electron chi connectivity index (χ2n) is 6.96. The van der Waals surface area contributed by atoms with E-state index >= 15 is 0 Å². The van der Waals surface area contributed by atoms with Gasteiger partial charge in [-0.05, 0) is 30.3 Å². The Morgan fingerprint density at radius 1 is 1.15 bits per heavy atom. The highest BCUT2D eigenvalue weighted by molar-refractivity contribution is 6.15. The van der Waals surface area contributed by atoms with Crippen LogP contribution in [0.25, 0.3) is 10.9 Å². The Morgan fingerprint density at radius 3 is 2.55 bits per heavy atom. The van der Waals surface area contributed by atoms with E-state index in [2.05, 4.69) is 15.3 Å². The number of halogens is 3. The number of amides is 3. The van der Waals surface area contributed by atoms with Crippen molar-refractivity contribution in [1.29, 1.82) is 0 Å². The van der Waals surface area contributed by atoms with Crippen LogP contribution >= 0.6 is 0 Å². The number of hydrogen-bond acceptors (Lipinski definition) is 5. The topological polar surface area (TPSA) is 116 Å². The summed E-state index contributed by atoms with van der Waals surface area (Å²) in [7, 11) is 2.90. The van der Waals surface area contributed by atoms with E-state index in [1.54, 1.807) is 12.1 Å². The minimum atomic E-state index is -4.61. The van der Waals surface area contributed by atoms with Gasteiger partial charge in [0.2, 0.25) is 0 Å². The van der Waals surface area contributed by atoms with Crippen molar-refractivity contribution in [1.82, 2.24) is 15.3 Å². The molecule has 0 aliphatic heterocycles. The lowest BCUT2D eigenvalue weighted by atomic mass is 10.1. The van der Waals surface area contributed by atoms with E-state index in [0.29, 0.717) is 11.2 Å². The van der Waals surface area contributed by atoms with Gasteiger partial charge in [0.25, 0.3) is 17.7 Å². The minimum Gasteiger partial charge on any atom is -0.375 e. The Balaban J connectivity index is 2.01. The molecule has 0 spiro atoms. The van der Waals surface area contributed by atoms with E-state index in [0.717, 1.165) is 0 Å². The average molecular weight is 463 g/mol. The summed E-state index contributed by atoms with van der Waals surface area (Å²) in [5.74, 6) is -2.15. The normalized spacial score (nSPS) is 11.3. The molecule has 0 radical (unpaired) electrons. The minimum absolute atomic E-state index is 0.0448. The van der Waals surface area contributed by atoms with Crippen molar-refractivity contribution in [3.05, 3.63) is 53.9 Å². The molecule has 0 bridgehead atoms. The molecule has 174 valence electrons. The van der Waals surface area contributed by atoms with E-state index in [1.165, 1.54) is 49.5 Å². The van der Waals surface area contributed by atoms with Gasteiger partial charge in [-0.3, -0.25) is 19.4 Å². The van der Waals surface area contributed by atoms with Gasteiger partial charge in [0.15, 0.2) is 0 Å². The lowest BCUT2D eigenvalue weighted by molar-refractivity contribution is -0.123. The molecule has 0 fully saturated rings. The molecule has 0 saturated heterocycles. The van der Waals surface area contributed by atoms with Crippen molar-refractivity contribution in [2.75, 3.05) is 37.5 Å². The average Bonchev–Trinajstić information content (AvgIpc) is 3.14. The molecule has 3 aromatic rings. The monoisotopic (exact) mass is 463 g/mol. The van der Waals surface area contributed by atoms with Crippen LogP contribution in [0.2, 0.25) is 0 Å². The third-order valence-corrected chi connectivity index (χ3v) is 4.62. The van der Waals surface area contributed by atoms with Gasteiger partial charge in [0.05, 0.1) is 5.56 Å². The molecule has 1 aromatic carbocycles. The Morgan fingerprint density at radius 2 is 1.91 bits per heavy atom. The third kappa shape index (κ3) is 5.66. The summed E-state index contributed by atoms with van der Waals surface area (Å²) in [4.78, 5) is 45.4. The fourth-order valence-corrected chi connectivity index (χ4v) is 3.03. The zero-order valence-electron chi connectivity index (χ0n) is 17.6. The second kappa shape index (κ2) is 9.69. The van der Waals surface area contributed by atoms with Gasteiger partial charge in [-0.1, -0.05) is 6.07 Å². The molecule has 12 heteroatoms. The van der Waals surface area contributed by atoms with Crippen LogP contribution in [0.15, 0.2) is 42.6 Å². The van der Waals surface area contributed by atoms with Crippen LogP contribution in [-0.4, -0.2) is 61.2 Å². The number of rotatable bonds is 7. The summed E-state index contributed by atoms with van der Waals surface area (Å²) in [5, 5.41) is 4.55. The summed E-state index contributed by atoms with van der Waals surface area (Å²) in [6.07, 6.45) is -3.22. The molecule has 0 aliphatic carbocycles. The number of pyridine rings is 1. The molecule has 9 nitrogen and oxygen atoms in total. The van der Waals surface area contributed by atoms with E-state index in [4.69, 9.17) is 4.74 Å². The molecule has 33 heavy (non-hydrogen) atoms. The summed E-state index contributed by atoms with van der Waals surface area (Å²) >= 11 is 0. The molecular formula is C21H20F3N5O4. The molecule has 3 rings (SSSR count). The fourth-order valence-electron chi connectivity index (χ4n) is 3.03. The van der Waals surface area contributed by atoms with Gasteiger partial charge in [-0.25, -0.2) is 0 Å². The quantitative estimate of drug-likeness (QED) is 0.498. The van der Waals surface area contributed by atoms with E-state index in [1.807, 2.05) is 5.32 Å². The molecular weight excluding hydrogens is 443 g/mol. The first kappa shape index (κ1) is 23.7. The number of alkyl halides is 3. The third-order valence-electron chi connectivity index (χ3n) is 4.62. The first-order valence-electron chi connectivity index (χ1n) is 9.59. The zero-order valence-corrected chi connectivity index (χ0v) is 17.6. The Kier molecular flexibility index (Phi) is 6.97. The van der Waals surface area contributed by atoms with Crippen LogP contribution < -0.4 is 15.5 Å². The summed E-state index contributed by atoms with van der Waals surface area (Å²) in [6.45, 7) is -1.70. The molecule has 0 unspecified atom stereocenters. The van der Waals surface area contributed by atoms with Crippen molar-refractivity contribution < 1.29 is 32.3 Å². The lowest BCUT2D eigenvalue weighted by Gasteiger charge is -2.16. The van der Waals surface area contributed by atoms with Crippen molar-refractivity contribution in [3.63, 3.8) is 0 Å². The van der Waals surface area contributed by atoms with E-state index in [9.17, 15) is 27.6 Å². The van der Waals surface area contributed by atoms with Crippen LogP contribution in [0.5, 0.6) is 0 Å². The number of benzene rings is 1. The molecule has 0 aliphatic rings. The number of H-pyrrole nitrogens is 1. The number of anilines is 2. The van der Waals surface area contributed by atoms with Crippen LogP contribution in [0.4, 0.5) is 24.7 Å². The first-order chi connectivity index (χ1) is 15.6. The summed E-state index contributed by atoms with van der Waals surface area (Å²) in [5.41, 5.74) is 0.619. The number of ether oxygens (including phenoxy) is 1. The predicted molar refractivity (Wildman–Crippen MR) is 114 cm³/mol. The second-order valence-corrected chi connectivity index (χ2v) is 6.96. The smallest absolute Gasteiger partial charge is 0.375 e. The van der Waals surface area contributed by atoms with Crippen LogP contribution in [0.3, 0.4) is 0 Å². The first-order valence-corrected chi connectivity index (χ1v) is 9.59. The fraction of sp³-hybridized carbons (Fsp3) is 0.238. The van der Waals surface area contributed by atoms with Gasteiger partial charge in [-0.15, -0.1) is 0 Å². The number of likely N-dealkylation sites (N-methyl/N-ethyl adjacent to an activating group) is 1. The van der Waals surface area contributed by atoms with Crippen molar-refractivity contribution in [2.45, 2.75) is 6.18 Å². The Hall–Kier alpha value is -3.93. The summed E-state index contributed by atoms with van der Waals surface area (Å²) in [6, 6.07) is 9.16. The molecule has 2 aromatic heterocycles. The molecule has 3 N–H and O–H groups in total. The van der Waals surface area contributed by atoms with Gasteiger partial charge >= 0.3 is 6.18 Å². The van der Waals surface area contributed by atoms with Crippen molar-refractivity contribution >= 4 is 40.1 Å². The zero-order chi connectivity index (χ0) is 24.2. The van der Waals surface area contributed by atoms with Gasteiger partial charge < -0.3 is 25.3 Å². The maximum atomic E-state index is 12.6. The number of carbonyl (C=O) groups excluding carboxylic acids is 3. The number of aromatic nitrogens is 2.